The van der Waals surface area contributed by atoms with Crippen LogP contribution in [0.1, 0.15) is 30.4 Å². The van der Waals surface area contributed by atoms with Crippen LogP contribution in [0.5, 0.6) is 11.5 Å². The van der Waals surface area contributed by atoms with Gasteiger partial charge in [-0.2, -0.15) is 5.10 Å². The number of halogens is 3. The predicted octanol–water partition coefficient (Wildman–Crippen LogP) is 5.28. The van der Waals surface area contributed by atoms with Crippen molar-refractivity contribution < 1.29 is 14.3 Å². The molecule has 1 fully saturated rings. The molecule has 1 saturated heterocycles. The molecule has 0 atom stereocenters. The molecule has 1 aliphatic heterocycles. The maximum Gasteiger partial charge on any atom is 0.254 e. The third-order valence-electron chi connectivity index (χ3n) is 4.86. The predicted molar refractivity (Wildman–Crippen MR) is 128 cm³/mol. The van der Waals surface area contributed by atoms with Gasteiger partial charge in [0.1, 0.15) is 6.61 Å². The van der Waals surface area contributed by atoms with Crippen LogP contribution in [-0.4, -0.2) is 43.8 Å². The van der Waals surface area contributed by atoms with Gasteiger partial charge < -0.3 is 9.47 Å². The van der Waals surface area contributed by atoms with E-state index in [0.717, 1.165) is 37.1 Å². The maximum atomic E-state index is 12.1. The number of carbonyl (C=O) groups is 1. The number of hydrogen-bond donors (Lipinski definition) is 1. The molecule has 0 aliphatic carbocycles. The Morgan fingerprint density at radius 1 is 1.23 bits per heavy atom. The summed E-state index contributed by atoms with van der Waals surface area (Å²) in [5.74, 6) is 0.948. The van der Waals surface area contributed by atoms with Crippen molar-refractivity contribution in [2.24, 2.45) is 5.10 Å². The lowest BCUT2D eigenvalue weighted by Crippen LogP contribution is -2.38. The van der Waals surface area contributed by atoms with Crippen LogP contribution in [0.3, 0.4) is 0 Å². The second-order valence-electron chi connectivity index (χ2n) is 7.19. The van der Waals surface area contributed by atoms with Crippen molar-refractivity contribution in [2.75, 3.05) is 26.7 Å². The number of rotatable bonds is 8. The highest BCUT2D eigenvalue weighted by Crippen LogP contribution is 2.37. The van der Waals surface area contributed by atoms with Crippen LogP contribution in [0.4, 0.5) is 0 Å². The smallest absolute Gasteiger partial charge is 0.254 e. The molecule has 9 heteroatoms. The molecule has 0 unspecified atom stereocenters. The Balaban J connectivity index is 1.61. The molecule has 1 amide bonds. The summed E-state index contributed by atoms with van der Waals surface area (Å²) in [5.41, 5.74) is 4.14. The van der Waals surface area contributed by atoms with Crippen LogP contribution in [0, 0.1) is 0 Å². The first-order valence-corrected chi connectivity index (χ1v) is 11.5. The zero-order chi connectivity index (χ0) is 22.2. The molecule has 0 radical (unpaired) electrons. The average molecular weight is 529 g/mol. The Morgan fingerprint density at radius 2 is 2.00 bits per heavy atom. The molecule has 0 spiro atoms. The summed E-state index contributed by atoms with van der Waals surface area (Å²) in [6.07, 6.45) is 5.09. The highest BCUT2D eigenvalue weighted by molar-refractivity contribution is 9.10. The van der Waals surface area contributed by atoms with Crippen LogP contribution in [0.15, 0.2) is 39.9 Å². The SMILES string of the molecule is COc1cc(/C=N\NC(=O)CN2CCCCC2)cc(Br)c1OCc1ccc(Cl)cc1Cl. The van der Waals surface area contributed by atoms with E-state index in [4.69, 9.17) is 32.7 Å². The van der Waals surface area contributed by atoms with E-state index in [-0.39, 0.29) is 12.5 Å². The quantitative estimate of drug-likeness (QED) is 0.374. The second-order valence-corrected chi connectivity index (χ2v) is 8.89. The fraction of sp³-hybridized carbons (Fsp3) is 0.364. The minimum atomic E-state index is -0.121. The summed E-state index contributed by atoms with van der Waals surface area (Å²) in [4.78, 5) is 14.2. The van der Waals surface area contributed by atoms with Gasteiger partial charge in [0.15, 0.2) is 11.5 Å². The van der Waals surface area contributed by atoms with Crippen molar-refractivity contribution in [3.8, 4) is 11.5 Å². The van der Waals surface area contributed by atoms with Gasteiger partial charge in [-0.3, -0.25) is 9.69 Å². The number of hydrogen-bond acceptors (Lipinski definition) is 5. The molecule has 1 heterocycles. The van der Waals surface area contributed by atoms with E-state index in [2.05, 4.69) is 31.4 Å². The lowest BCUT2D eigenvalue weighted by Gasteiger charge is -2.25. The van der Waals surface area contributed by atoms with Crippen molar-refractivity contribution in [2.45, 2.75) is 25.9 Å². The van der Waals surface area contributed by atoms with Crippen LogP contribution >= 0.6 is 39.1 Å². The van der Waals surface area contributed by atoms with Gasteiger partial charge in [0.25, 0.3) is 5.91 Å². The Labute approximate surface area is 200 Å². The minimum Gasteiger partial charge on any atom is -0.493 e. The van der Waals surface area contributed by atoms with Crippen molar-refractivity contribution in [1.29, 1.82) is 0 Å². The van der Waals surface area contributed by atoms with Crippen LogP contribution < -0.4 is 14.9 Å². The van der Waals surface area contributed by atoms with Crippen LogP contribution in [0.2, 0.25) is 10.0 Å². The second kappa shape index (κ2) is 11.7. The molecule has 166 valence electrons. The van der Waals surface area contributed by atoms with E-state index < -0.39 is 0 Å². The molecule has 31 heavy (non-hydrogen) atoms. The van der Waals surface area contributed by atoms with E-state index in [1.165, 1.54) is 6.42 Å². The molecule has 3 rings (SSSR count). The zero-order valence-electron chi connectivity index (χ0n) is 17.2. The van der Waals surface area contributed by atoms with Gasteiger partial charge >= 0.3 is 0 Å². The summed E-state index contributed by atoms with van der Waals surface area (Å²) >= 11 is 15.7. The number of amides is 1. The van der Waals surface area contributed by atoms with Gasteiger partial charge in [0, 0.05) is 15.6 Å². The molecular formula is C22H24BrCl2N3O3. The molecule has 2 aromatic rings. The first-order chi connectivity index (χ1) is 15.0. The summed E-state index contributed by atoms with van der Waals surface area (Å²) in [7, 11) is 1.56. The van der Waals surface area contributed by atoms with E-state index in [1.807, 2.05) is 12.1 Å². The van der Waals surface area contributed by atoms with Gasteiger partial charge in [-0.05, 0) is 71.7 Å². The van der Waals surface area contributed by atoms with Gasteiger partial charge in [0.05, 0.1) is 24.3 Å². The lowest BCUT2D eigenvalue weighted by molar-refractivity contribution is -0.122. The zero-order valence-corrected chi connectivity index (χ0v) is 20.3. The number of piperidine rings is 1. The third-order valence-corrected chi connectivity index (χ3v) is 6.03. The molecule has 2 aromatic carbocycles. The number of methoxy groups -OCH3 is 1. The maximum absolute atomic E-state index is 12.1. The highest BCUT2D eigenvalue weighted by Gasteiger charge is 2.14. The number of carbonyl (C=O) groups excluding carboxylic acids is 1. The fourth-order valence-electron chi connectivity index (χ4n) is 3.28. The standard InChI is InChI=1S/C22H24BrCl2N3O3/c1-30-20-10-15(12-26-27-21(29)13-28-7-3-2-4-8-28)9-18(23)22(20)31-14-16-5-6-17(24)11-19(16)25/h5-6,9-12H,2-4,7-8,13-14H2,1H3,(H,27,29)/b26-12-. The molecule has 6 nitrogen and oxygen atoms in total. The molecule has 0 aromatic heterocycles. The Hall–Kier alpha value is -1.80. The number of nitrogens with one attached hydrogen (secondary N) is 1. The van der Waals surface area contributed by atoms with E-state index >= 15 is 0 Å². The number of ether oxygens (including phenoxy) is 2. The lowest BCUT2D eigenvalue weighted by atomic mass is 10.1. The van der Waals surface area contributed by atoms with Crippen LogP contribution in [-0.2, 0) is 11.4 Å². The number of nitrogens with zero attached hydrogens (tertiary/aromatic N) is 2. The normalized spacial score (nSPS) is 14.6. The van der Waals surface area contributed by atoms with Gasteiger partial charge in [-0.25, -0.2) is 5.43 Å². The summed E-state index contributed by atoms with van der Waals surface area (Å²) in [5, 5.41) is 5.17. The summed E-state index contributed by atoms with van der Waals surface area (Å²) in [6.45, 7) is 2.54. The minimum absolute atomic E-state index is 0.121. The molecular weight excluding hydrogens is 505 g/mol. The van der Waals surface area contributed by atoms with Crippen LogP contribution in [0.25, 0.3) is 0 Å². The summed E-state index contributed by atoms with van der Waals surface area (Å²) in [6, 6.07) is 8.87. The van der Waals surface area contributed by atoms with E-state index in [9.17, 15) is 4.79 Å². The number of hydrazone groups is 1. The topological polar surface area (TPSA) is 63.2 Å². The largest absolute Gasteiger partial charge is 0.493 e. The first kappa shape index (κ1) is 23.9. The Morgan fingerprint density at radius 3 is 2.71 bits per heavy atom. The van der Waals surface area contributed by atoms with Crippen molar-refractivity contribution in [3.63, 3.8) is 0 Å². The van der Waals surface area contributed by atoms with Gasteiger partial charge in [-0.15, -0.1) is 0 Å². The summed E-state index contributed by atoms with van der Waals surface area (Å²) < 4.78 is 12.1. The van der Waals surface area contributed by atoms with Crippen molar-refractivity contribution in [1.82, 2.24) is 10.3 Å². The Kier molecular flexibility index (Phi) is 9.02. The van der Waals surface area contributed by atoms with Crippen molar-refractivity contribution >= 4 is 51.3 Å². The van der Waals surface area contributed by atoms with E-state index in [1.54, 1.807) is 31.5 Å². The van der Waals surface area contributed by atoms with Gasteiger partial charge in [0.2, 0.25) is 0 Å². The fourth-order valence-corrected chi connectivity index (χ4v) is 4.32. The van der Waals surface area contributed by atoms with E-state index in [0.29, 0.717) is 32.6 Å². The molecule has 1 N–H and O–H groups in total. The van der Waals surface area contributed by atoms with Gasteiger partial charge in [-0.1, -0.05) is 35.7 Å². The molecule has 0 saturated carbocycles. The van der Waals surface area contributed by atoms with Crippen molar-refractivity contribution in [3.05, 3.63) is 56.0 Å². The third kappa shape index (κ3) is 7.10. The number of likely N-dealkylation sites (tertiary alicyclic amines) is 1. The molecule has 0 bridgehead atoms. The Bertz CT molecular complexity index is 950. The molecule has 1 aliphatic rings. The highest BCUT2D eigenvalue weighted by atomic mass is 79.9. The number of benzene rings is 2. The average Bonchev–Trinajstić information content (AvgIpc) is 2.74. The first-order valence-electron chi connectivity index (χ1n) is 9.95. The monoisotopic (exact) mass is 527 g/mol.